The van der Waals surface area contributed by atoms with Crippen molar-refractivity contribution in [1.29, 1.82) is 0 Å². The summed E-state index contributed by atoms with van der Waals surface area (Å²) in [6, 6.07) is 14.0. The summed E-state index contributed by atoms with van der Waals surface area (Å²) < 4.78 is 44.3. The molecule has 0 aliphatic carbocycles. The predicted molar refractivity (Wildman–Crippen MR) is 94.1 cm³/mol. The van der Waals surface area contributed by atoms with Crippen LogP contribution in [0.3, 0.4) is 0 Å². The predicted octanol–water partition coefficient (Wildman–Crippen LogP) is 4.09. The van der Waals surface area contributed by atoms with Gasteiger partial charge in [0, 0.05) is 19.0 Å². The maximum Gasteiger partial charge on any atom is 0.418 e. The van der Waals surface area contributed by atoms with Crippen LogP contribution in [-0.2, 0) is 11.0 Å². The quantitative estimate of drug-likeness (QED) is 0.692. The number of alkyl halides is 3. The van der Waals surface area contributed by atoms with Gasteiger partial charge >= 0.3 is 6.18 Å². The molecule has 0 bridgehead atoms. The number of amides is 1. The van der Waals surface area contributed by atoms with Gasteiger partial charge in [0.25, 0.3) is 0 Å². The van der Waals surface area contributed by atoms with Crippen molar-refractivity contribution in [3.05, 3.63) is 60.2 Å². The van der Waals surface area contributed by atoms with Crippen molar-refractivity contribution in [2.45, 2.75) is 25.6 Å². The summed E-state index contributed by atoms with van der Waals surface area (Å²) in [4.78, 5) is 12.0. The third-order valence-corrected chi connectivity index (χ3v) is 3.60. The summed E-state index contributed by atoms with van der Waals surface area (Å²) in [6.07, 6.45) is -4.46. The van der Waals surface area contributed by atoms with E-state index in [0.29, 0.717) is 13.2 Å². The number of carbonyl (C=O) groups is 1. The van der Waals surface area contributed by atoms with E-state index in [0.717, 1.165) is 11.8 Å². The van der Waals surface area contributed by atoms with Gasteiger partial charge in [0.2, 0.25) is 5.91 Å². The molecule has 2 rings (SSSR count). The number of hydrogen-bond donors (Lipinski definition) is 2. The smallest absolute Gasteiger partial charge is 0.418 e. The van der Waals surface area contributed by atoms with Crippen molar-refractivity contribution in [3.63, 3.8) is 0 Å². The van der Waals surface area contributed by atoms with Crippen LogP contribution in [-0.4, -0.2) is 25.1 Å². The molecule has 0 saturated heterocycles. The highest BCUT2D eigenvalue weighted by Crippen LogP contribution is 2.34. The number of rotatable bonds is 8. The summed E-state index contributed by atoms with van der Waals surface area (Å²) >= 11 is 0. The standard InChI is InChI=1S/C19H21F3N2O2/c1-14(23-11-12-26-15-7-3-2-4-8-15)13-18(25)24-17-10-6-5-9-16(17)19(20,21)22/h2-10,14,23H,11-13H2,1H3,(H,24,25). The Hall–Kier alpha value is -2.54. The molecule has 26 heavy (non-hydrogen) atoms. The van der Waals surface area contributed by atoms with Crippen LogP contribution in [0.2, 0.25) is 0 Å². The first-order chi connectivity index (χ1) is 12.4. The van der Waals surface area contributed by atoms with Gasteiger partial charge in [-0.2, -0.15) is 13.2 Å². The molecule has 2 N–H and O–H groups in total. The van der Waals surface area contributed by atoms with E-state index in [1.165, 1.54) is 18.2 Å². The SMILES string of the molecule is CC(CC(=O)Nc1ccccc1C(F)(F)F)NCCOc1ccccc1. The van der Waals surface area contributed by atoms with E-state index in [1.54, 1.807) is 6.92 Å². The normalized spacial score (nSPS) is 12.5. The fourth-order valence-corrected chi connectivity index (χ4v) is 2.38. The first-order valence-corrected chi connectivity index (χ1v) is 8.23. The number of ether oxygens (including phenoxy) is 1. The number of para-hydroxylation sites is 2. The van der Waals surface area contributed by atoms with Crippen LogP contribution in [0.1, 0.15) is 18.9 Å². The molecule has 2 aromatic carbocycles. The van der Waals surface area contributed by atoms with Crippen LogP contribution < -0.4 is 15.4 Å². The number of halogens is 3. The van der Waals surface area contributed by atoms with E-state index < -0.39 is 17.6 Å². The largest absolute Gasteiger partial charge is 0.492 e. The van der Waals surface area contributed by atoms with Gasteiger partial charge in [-0.25, -0.2) is 0 Å². The Morgan fingerprint density at radius 2 is 1.73 bits per heavy atom. The fourth-order valence-electron chi connectivity index (χ4n) is 2.38. The van der Waals surface area contributed by atoms with Crippen molar-refractivity contribution in [2.75, 3.05) is 18.5 Å². The summed E-state index contributed by atoms with van der Waals surface area (Å²) in [7, 11) is 0. The van der Waals surface area contributed by atoms with Crippen molar-refractivity contribution in [3.8, 4) is 5.75 Å². The van der Waals surface area contributed by atoms with Gasteiger partial charge in [-0.3, -0.25) is 4.79 Å². The Balaban J connectivity index is 1.75. The third kappa shape index (κ3) is 6.40. The monoisotopic (exact) mass is 366 g/mol. The molecule has 0 radical (unpaired) electrons. The summed E-state index contributed by atoms with van der Waals surface area (Å²) in [5.74, 6) is 0.272. The number of carbonyl (C=O) groups excluding carboxylic acids is 1. The Kier molecular flexibility index (Phi) is 7.03. The Bertz CT molecular complexity index is 705. The average molecular weight is 366 g/mol. The van der Waals surface area contributed by atoms with Gasteiger partial charge in [-0.15, -0.1) is 0 Å². The van der Waals surface area contributed by atoms with Crippen molar-refractivity contribution >= 4 is 11.6 Å². The van der Waals surface area contributed by atoms with Crippen LogP contribution in [0.15, 0.2) is 54.6 Å². The number of anilines is 1. The molecule has 1 amide bonds. The lowest BCUT2D eigenvalue weighted by molar-refractivity contribution is -0.137. The Labute approximate surface area is 150 Å². The minimum absolute atomic E-state index is 0.0531. The average Bonchev–Trinajstić information content (AvgIpc) is 2.59. The van der Waals surface area contributed by atoms with E-state index in [-0.39, 0.29) is 18.2 Å². The van der Waals surface area contributed by atoms with Crippen LogP contribution in [0.4, 0.5) is 18.9 Å². The van der Waals surface area contributed by atoms with Gasteiger partial charge in [-0.05, 0) is 31.2 Å². The second-order valence-electron chi connectivity index (χ2n) is 5.81. The van der Waals surface area contributed by atoms with E-state index in [1.807, 2.05) is 30.3 Å². The minimum atomic E-state index is -4.51. The summed E-state index contributed by atoms with van der Waals surface area (Å²) in [5.41, 5.74) is -1.09. The molecule has 0 fully saturated rings. The molecule has 140 valence electrons. The highest BCUT2D eigenvalue weighted by molar-refractivity contribution is 5.92. The highest BCUT2D eigenvalue weighted by atomic mass is 19.4. The van der Waals surface area contributed by atoms with Gasteiger partial charge in [-0.1, -0.05) is 30.3 Å². The van der Waals surface area contributed by atoms with Gasteiger partial charge < -0.3 is 15.4 Å². The highest BCUT2D eigenvalue weighted by Gasteiger charge is 2.33. The molecule has 0 heterocycles. The van der Waals surface area contributed by atoms with E-state index in [4.69, 9.17) is 4.74 Å². The molecule has 0 aromatic heterocycles. The number of nitrogens with one attached hydrogen (secondary N) is 2. The lowest BCUT2D eigenvalue weighted by Gasteiger charge is -2.16. The fraction of sp³-hybridized carbons (Fsp3) is 0.316. The van der Waals surface area contributed by atoms with Crippen LogP contribution in [0.5, 0.6) is 5.75 Å². The van der Waals surface area contributed by atoms with Gasteiger partial charge in [0.15, 0.2) is 0 Å². The Morgan fingerprint density at radius 1 is 1.08 bits per heavy atom. The molecule has 4 nitrogen and oxygen atoms in total. The summed E-state index contributed by atoms with van der Waals surface area (Å²) in [5, 5.41) is 5.44. The third-order valence-electron chi connectivity index (χ3n) is 3.60. The summed E-state index contributed by atoms with van der Waals surface area (Å²) in [6.45, 7) is 2.73. The van der Waals surface area contributed by atoms with Gasteiger partial charge in [0.05, 0.1) is 11.3 Å². The number of benzene rings is 2. The molecule has 0 aliphatic heterocycles. The van der Waals surface area contributed by atoms with E-state index in [9.17, 15) is 18.0 Å². The molecule has 0 aliphatic rings. The van der Waals surface area contributed by atoms with E-state index in [2.05, 4.69) is 10.6 Å². The van der Waals surface area contributed by atoms with Crippen molar-refractivity contribution in [1.82, 2.24) is 5.32 Å². The topological polar surface area (TPSA) is 50.4 Å². The second kappa shape index (κ2) is 9.24. The van der Waals surface area contributed by atoms with Crippen LogP contribution >= 0.6 is 0 Å². The maximum atomic E-state index is 12.9. The first kappa shape index (κ1) is 19.8. The second-order valence-corrected chi connectivity index (χ2v) is 5.81. The molecular formula is C19H21F3N2O2. The van der Waals surface area contributed by atoms with Crippen LogP contribution in [0.25, 0.3) is 0 Å². The maximum absolute atomic E-state index is 12.9. The van der Waals surface area contributed by atoms with E-state index >= 15 is 0 Å². The molecule has 1 unspecified atom stereocenters. The van der Waals surface area contributed by atoms with Gasteiger partial charge in [0.1, 0.15) is 12.4 Å². The minimum Gasteiger partial charge on any atom is -0.492 e. The molecule has 0 saturated carbocycles. The molecule has 1 atom stereocenters. The zero-order chi connectivity index (χ0) is 19.0. The zero-order valence-electron chi connectivity index (χ0n) is 14.3. The first-order valence-electron chi connectivity index (χ1n) is 8.23. The molecule has 0 spiro atoms. The van der Waals surface area contributed by atoms with Crippen LogP contribution in [0, 0.1) is 0 Å². The number of hydrogen-bond acceptors (Lipinski definition) is 3. The van der Waals surface area contributed by atoms with Crippen molar-refractivity contribution in [2.24, 2.45) is 0 Å². The lowest BCUT2D eigenvalue weighted by Crippen LogP contribution is -2.33. The zero-order valence-corrected chi connectivity index (χ0v) is 14.3. The molecule has 2 aromatic rings. The van der Waals surface area contributed by atoms with Crippen molar-refractivity contribution < 1.29 is 22.7 Å². The Morgan fingerprint density at radius 3 is 2.42 bits per heavy atom. The lowest BCUT2D eigenvalue weighted by atomic mass is 10.1. The molecular weight excluding hydrogens is 345 g/mol. The molecule has 7 heteroatoms.